The standard InChI is InChI=1S/C27H24ClF3N4O2/c1-14-19(28)8-5-9-20(14)33-24(37)17-12-15(13-21-22(17)35-25(34-21)26(2)10-11-26)32-23(36)16-6-3-4-7-18(16)27(29,30)31/h3-4,6-8,12-13H,5,9-11H2,1-2H3,(H,32,36)(H,33,37)(H,34,35). The van der Waals surface area contributed by atoms with Gasteiger partial charge in [-0.1, -0.05) is 36.7 Å². The van der Waals surface area contributed by atoms with Gasteiger partial charge in [0.2, 0.25) is 0 Å². The lowest BCUT2D eigenvalue weighted by Crippen LogP contribution is -2.25. The number of allylic oxidation sites excluding steroid dienone is 4. The zero-order valence-electron chi connectivity index (χ0n) is 20.1. The average molecular weight is 529 g/mol. The zero-order chi connectivity index (χ0) is 26.5. The number of fused-ring (bicyclic) bond motifs is 1. The predicted octanol–water partition coefficient (Wildman–Crippen LogP) is 6.81. The number of carbonyl (C=O) groups is 2. The van der Waals surface area contributed by atoms with Gasteiger partial charge < -0.3 is 15.6 Å². The lowest BCUT2D eigenvalue weighted by molar-refractivity contribution is -0.137. The Morgan fingerprint density at radius 2 is 1.78 bits per heavy atom. The molecule has 0 atom stereocenters. The second-order valence-corrected chi connectivity index (χ2v) is 10.1. The molecule has 0 spiro atoms. The van der Waals surface area contributed by atoms with Crippen molar-refractivity contribution in [2.24, 2.45) is 0 Å². The highest BCUT2D eigenvalue weighted by atomic mass is 35.5. The van der Waals surface area contributed by atoms with Crippen LogP contribution in [-0.2, 0) is 11.6 Å². The number of H-pyrrole nitrogens is 1. The maximum absolute atomic E-state index is 13.5. The zero-order valence-corrected chi connectivity index (χ0v) is 20.9. The Morgan fingerprint density at radius 3 is 2.49 bits per heavy atom. The molecule has 3 aromatic rings. The third kappa shape index (κ3) is 4.87. The van der Waals surface area contributed by atoms with Crippen molar-refractivity contribution < 1.29 is 22.8 Å². The van der Waals surface area contributed by atoms with E-state index in [0.29, 0.717) is 34.6 Å². The molecule has 0 bridgehead atoms. The van der Waals surface area contributed by atoms with Gasteiger partial charge in [0.15, 0.2) is 0 Å². The van der Waals surface area contributed by atoms with Crippen molar-refractivity contribution in [2.75, 3.05) is 5.32 Å². The number of nitrogens with one attached hydrogen (secondary N) is 3. The maximum atomic E-state index is 13.5. The molecule has 6 nitrogen and oxygen atoms in total. The lowest BCUT2D eigenvalue weighted by atomic mass is 10.0. The van der Waals surface area contributed by atoms with Crippen molar-refractivity contribution in [1.82, 2.24) is 15.3 Å². The van der Waals surface area contributed by atoms with Crippen molar-refractivity contribution in [3.05, 3.63) is 81.3 Å². The molecule has 5 rings (SSSR count). The number of aromatic amines is 1. The van der Waals surface area contributed by atoms with Gasteiger partial charge in [0, 0.05) is 21.8 Å². The number of imidazole rings is 1. The summed E-state index contributed by atoms with van der Waals surface area (Å²) in [6, 6.07) is 7.57. The average Bonchev–Trinajstić information content (AvgIpc) is 3.44. The quantitative estimate of drug-likeness (QED) is 0.340. The van der Waals surface area contributed by atoms with Crippen LogP contribution in [0.1, 0.15) is 71.6 Å². The van der Waals surface area contributed by atoms with E-state index in [9.17, 15) is 22.8 Å². The van der Waals surface area contributed by atoms with E-state index in [1.165, 1.54) is 18.2 Å². The lowest BCUT2D eigenvalue weighted by Gasteiger charge is -2.17. The first kappa shape index (κ1) is 25.1. The monoisotopic (exact) mass is 528 g/mol. The largest absolute Gasteiger partial charge is 0.417 e. The van der Waals surface area contributed by atoms with Crippen LogP contribution in [0.25, 0.3) is 11.0 Å². The summed E-state index contributed by atoms with van der Waals surface area (Å²) in [7, 11) is 0. The van der Waals surface area contributed by atoms with Gasteiger partial charge >= 0.3 is 6.18 Å². The topological polar surface area (TPSA) is 86.9 Å². The molecule has 37 heavy (non-hydrogen) atoms. The first-order chi connectivity index (χ1) is 17.5. The molecule has 2 aliphatic carbocycles. The van der Waals surface area contributed by atoms with Crippen LogP contribution in [0.15, 0.2) is 58.8 Å². The molecule has 0 unspecified atom stereocenters. The highest BCUT2D eigenvalue weighted by Crippen LogP contribution is 2.47. The molecule has 192 valence electrons. The van der Waals surface area contributed by atoms with Gasteiger partial charge in [-0.25, -0.2) is 4.98 Å². The fourth-order valence-corrected chi connectivity index (χ4v) is 4.61. The van der Waals surface area contributed by atoms with Gasteiger partial charge in [-0.15, -0.1) is 0 Å². The smallest absolute Gasteiger partial charge is 0.341 e. The summed E-state index contributed by atoms with van der Waals surface area (Å²) in [6.07, 6.45) is 0.372. The van der Waals surface area contributed by atoms with Gasteiger partial charge in [-0.05, 0) is 62.4 Å². The Bertz CT molecular complexity index is 1500. The molecule has 10 heteroatoms. The number of halogens is 4. The molecule has 1 fully saturated rings. The van der Waals surface area contributed by atoms with Gasteiger partial charge in [0.1, 0.15) is 11.3 Å². The Balaban J connectivity index is 1.54. The summed E-state index contributed by atoms with van der Waals surface area (Å²) in [5.74, 6) is -0.659. The Hall–Kier alpha value is -3.59. The molecule has 1 saturated carbocycles. The molecular formula is C27H24ClF3N4O2. The number of carbonyl (C=O) groups excluding carboxylic acids is 2. The number of rotatable bonds is 5. The minimum absolute atomic E-state index is 0.122. The van der Waals surface area contributed by atoms with E-state index in [2.05, 4.69) is 27.5 Å². The minimum atomic E-state index is -4.69. The number of nitrogens with zero attached hydrogens (tertiary/aromatic N) is 1. The van der Waals surface area contributed by atoms with Gasteiger partial charge in [0.25, 0.3) is 11.8 Å². The fourth-order valence-electron chi connectivity index (χ4n) is 4.39. The van der Waals surface area contributed by atoms with Gasteiger partial charge in [-0.2, -0.15) is 13.2 Å². The van der Waals surface area contributed by atoms with Crippen LogP contribution in [0.2, 0.25) is 0 Å². The predicted molar refractivity (Wildman–Crippen MR) is 135 cm³/mol. The van der Waals surface area contributed by atoms with Crippen LogP contribution in [0.5, 0.6) is 0 Å². The minimum Gasteiger partial charge on any atom is -0.341 e. The Morgan fingerprint density at radius 1 is 1.08 bits per heavy atom. The summed E-state index contributed by atoms with van der Waals surface area (Å²) in [6.45, 7) is 3.88. The van der Waals surface area contributed by atoms with Gasteiger partial charge in [-0.3, -0.25) is 9.59 Å². The van der Waals surface area contributed by atoms with Crippen LogP contribution in [-0.4, -0.2) is 21.8 Å². The molecule has 0 saturated heterocycles. The van der Waals surface area contributed by atoms with Crippen molar-refractivity contribution >= 4 is 40.1 Å². The van der Waals surface area contributed by atoms with Crippen molar-refractivity contribution in [2.45, 2.75) is 51.1 Å². The molecule has 3 N–H and O–H groups in total. The summed E-state index contributed by atoms with van der Waals surface area (Å²) in [5, 5.41) is 6.01. The van der Waals surface area contributed by atoms with Crippen LogP contribution < -0.4 is 10.6 Å². The first-order valence-electron chi connectivity index (χ1n) is 11.9. The molecule has 0 aliphatic heterocycles. The van der Waals surface area contributed by atoms with E-state index in [4.69, 9.17) is 11.6 Å². The van der Waals surface area contributed by atoms with E-state index < -0.39 is 29.1 Å². The number of hydrogen-bond donors (Lipinski definition) is 3. The summed E-state index contributed by atoms with van der Waals surface area (Å²) >= 11 is 6.24. The van der Waals surface area contributed by atoms with E-state index in [1.807, 2.05) is 13.0 Å². The van der Waals surface area contributed by atoms with Crippen LogP contribution in [0.4, 0.5) is 18.9 Å². The summed E-state index contributed by atoms with van der Waals surface area (Å²) in [5.41, 5.74) is 1.05. The van der Waals surface area contributed by atoms with E-state index in [1.54, 1.807) is 6.07 Å². The third-order valence-corrected chi connectivity index (χ3v) is 7.37. The van der Waals surface area contributed by atoms with Gasteiger partial charge in [0.05, 0.1) is 22.2 Å². The second kappa shape index (κ2) is 9.06. The van der Waals surface area contributed by atoms with E-state index >= 15 is 0 Å². The normalized spacial score (nSPS) is 17.0. The molecule has 1 heterocycles. The Kier molecular flexibility index (Phi) is 6.14. The SMILES string of the molecule is CC1=C(NC(=O)c2cc(NC(=O)c3ccccc3C(F)(F)F)cc3[nH]c(C4(C)CC4)nc23)CCC=C1Cl. The van der Waals surface area contributed by atoms with Crippen molar-refractivity contribution in [1.29, 1.82) is 0 Å². The Labute approximate surface area is 216 Å². The highest BCUT2D eigenvalue weighted by molar-refractivity contribution is 6.32. The third-order valence-electron chi connectivity index (χ3n) is 6.93. The molecule has 1 aromatic heterocycles. The number of hydrogen-bond acceptors (Lipinski definition) is 3. The molecule has 2 amide bonds. The van der Waals surface area contributed by atoms with Crippen LogP contribution in [0.3, 0.4) is 0 Å². The highest BCUT2D eigenvalue weighted by Gasteiger charge is 2.42. The van der Waals surface area contributed by atoms with Crippen LogP contribution >= 0.6 is 11.6 Å². The summed E-state index contributed by atoms with van der Waals surface area (Å²) < 4.78 is 40.4. The van der Waals surface area contributed by atoms with Crippen LogP contribution in [0, 0.1) is 0 Å². The van der Waals surface area contributed by atoms with E-state index in [0.717, 1.165) is 36.4 Å². The molecule has 0 radical (unpaired) electrons. The number of amides is 2. The number of anilines is 1. The van der Waals surface area contributed by atoms with Crippen molar-refractivity contribution in [3.8, 4) is 0 Å². The number of benzene rings is 2. The fraction of sp³-hybridized carbons (Fsp3) is 0.296. The van der Waals surface area contributed by atoms with E-state index in [-0.39, 0.29) is 16.7 Å². The summed E-state index contributed by atoms with van der Waals surface area (Å²) in [4.78, 5) is 34.3. The second-order valence-electron chi connectivity index (χ2n) is 9.71. The maximum Gasteiger partial charge on any atom is 0.417 e. The molecule has 2 aliphatic rings. The van der Waals surface area contributed by atoms with Crippen molar-refractivity contribution in [3.63, 3.8) is 0 Å². The molecule has 2 aromatic carbocycles. The number of aromatic nitrogens is 2. The number of alkyl halides is 3. The first-order valence-corrected chi connectivity index (χ1v) is 12.2. The molecular weight excluding hydrogens is 505 g/mol.